The van der Waals surface area contributed by atoms with Crippen LogP contribution in [0, 0.1) is 5.92 Å². The maximum atomic E-state index is 5.95. The van der Waals surface area contributed by atoms with Crippen molar-refractivity contribution in [1.29, 1.82) is 0 Å². The van der Waals surface area contributed by atoms with Crippen LogP contribution >= 0.6 is 0 Å². The quantitative estimate of drug-likeness (QED) is 0.865. The predicted molar refractivity (Wildman–Crippen MR) is 79.2 cm³/mol. The first-order valence-electron chi connectivity index (χ1n) is 7.86. The highest BCUT2D eigenvalue weighted by molar-refractivity contribution is 5.17. The van der Waals surface area contributed by atoms with E-state index in [4.69, 9.17) is 10.5 Å². The average Bonchev–Trinajstić information content (AvgIpc) is 2.45. The summed E-state index contributed by atoms with van der Waals surface area (Å²) >= 11 is 0. The molecule has 0 spiro atoms. The van der Waals surface area contributed by atoms with Crippen LogP contribution in [0.4, 0.5) is 5.95 Å². The zero-order valence-electron chi connectivity index (χ0n) is 12.6. The molecule has 1 heterocycles. The molecule has 1 fully saturated rings. The Hall–Kier alpha value is -1.23. The summed E-state index contributed by atoms with van der Waals surface area (Å²) in [6.07, 6.45) is 8.08. The van der Waals surface area contributed by atoms with E-state index in [1.54, 1.807) is 0 Å². The summed E-state index contributed by atoms with van der Waals surface area (Å²) in [4.78, 5) is 13.1. The van der Waals surface area contributed by atoms with Crippen LogP contribution in [0.2, 0.25) is 0 Å². The molecule has 2 rings (SSSR count). The number of nitrogen functional groups attached to an aromatic ring is 1. The summed E-state index contributed by atoms with van der Waals surface area (Å²) in [5, 5.41) is 0. The fourth-order valence-corrected chi connectivity index (χ4v) is 2.96. The molecule has 1 aromatic rings. The van der Waals surface area contributed by atoms with E-state index in [-0.39, 0.29) is 6.10 Å². The van der Waals surface area contributed by atoms with Crippen LogP contribution in [-0.4, -0.2) is 21.6 Å². The maximum absolute atomic E-state index is 5.95. The highest BCUT2D eigenvalue weighted by atomic mass is 16.5. The summed E-state index contributed by atoms with van der Waals surface area (Å²) in [6, 6.07) is 0. The fraction of sp³-hybridized carbons (Fsp3) is 0.800. The number of hydrogen-bond acceptors (Lipinski definition) is 5. The largest absolute Gasteiger partial charge is 0.370 e. The van der Waals surface area contributed by atoms with Gasteiger partial charge in [-0.1, -0.05) is 26.2 Å². The molecule has 0 bridgehead atoms. The van der Waals surface area contributed by atoms with Crippen molar-refractivity contribution in [3.63, 3.8) is 0 Å². The smallest absolute Gasteiger partial charge is 0.223 e. The van der Waals surface area contributed by atoms with Crippen LogP contribution in [0.15, 0.2) is 0 Å². The molecule has 2 N–H and O–H groups in total. The van der Waals surface area contributed by atoms with Crippen LogP contribution in [0.25, 0.3) is 0 Å². The van der Waals surface area contributed by atoms with Gasteiger partial charge in [0, 0.05) is 13.0 Å². The number of nitrogens with two attached hydrogens (primary N) is 1. The van der Waals surface area contributed by atoms with E-state index in [9.17, 15) is 0 Å². The lowest BCUT2D eigenvalue weighted by molar-refractivity contribution is -0.000376. The zero-order valence-corrected chi connectivity index (χ0v) is 12.6. The third-order valence-corrected chi connectivity index (χ3v) is 3.87. The standard InChI is InChI=1S/C15H26N4O/c1-3-8-12-17-14(19-15(16)18-12)13(20-4-2)11-9-6-5-7-10-11/h11,13H,3-10H2,1-2H3,(H2,16,17,18,19). The Morgan fingerprint density at radius 2 is 1.90 bits per heavy atom. The van der Waals surface area contributed by atoms with Gasteiger partial charge in [0.1, 0.15) is 11.9 Å². The van der Waals surface area contributed by atoms with E-state index in [2.05, 4.69) is 21.9 Å². The molecule has 0 amide bonds. The van der Waals surface area contributed by atoms with Crippen molar-refractivity contribution in [2.75, 3.05) is 12.3 Å². The van der Waals surface area contributed by atoms with Gasteiger partial charge in [0.25, 0.3) is 0 Å². The van der Waals surface area contributed by atoms with E-state index in [0.29, 0.717) is 18.5 Å². The fourth-order valence-electron chi connectivity index (χ4n) is 2.96. The number of aryl methyl sites for hydroxylation is 1. The minimum atomic E-state index is -0.0267. The van der Waals surface area contributed by atoms with Gasteiger partial charge in [-0.15, -0.1) is 0 Å². The van der Waals surface area contributed by atoms with Crippen LogP contribution in [0.3, 0.4) is 0 Å². The molecule has 0 radical (unpaired) electrons. The van der Waals surface area contributed by atoms with Crippen molar-refractivity contribution in [2.24, 2.45) is 5.92 Å². The highest BCUT2D eigenvalue weighted by Gasteiger charge is 2.28. The van der Waals surface area contributed by atoms with Crippen molar-refractivity contribution in [1.82, 2.24) is 15.0 Å². The van der Waals surface area contributed by atoms with Crippen molar-refractivity contribution >= 4 is 5.95 Å². The summed E-state index contributed by atoms with van der Waals surface area (Å²) in [7, 11) is 0. The molecule has 5 heteroatoms. The summed E-state index contributed by atoms with van der Waals surface area (Å²) in [6.45, 7) is 4.81. The number of anilines is 1. The molecule has 1 saturated carbocycles. The van der Waals surface area contributed by atoms with Crippen LogP contribution in [-0.2, 0) is 11.2 Å². The zero-order chi connectivity index (χ0) is 14.4. The minimum Gasteiger partial charge on any atom is -0.370 e. The highest BCUT2D eigenvalue weighted by Crippen LogP contribution is 2.35. The van der Waals surface area contributed by atoms with Gasteiger partial charge < -0.3 is 10.5 Å². The Labute approximate surface area is 121 Å². The van der Waals surface area contributed by atoms with Crippen molar-refractivity contribution in [3.05, 3.63) is 11.6 Å². The normalized spacial score (nSPS) is 18.1. The van der Waals surface area contributed by atoms with Crippen molar-refractivity contribution < 1.29 is 4.74 Å². The molecule has 1 aliphatic carbocycles. The number of rotatable bonds is 6. The molecule has 112 valence electrons. The van der Waals surface area contributed by atoms with E-state index >= 15 is 0 Å². The summed E-state index contributed by atoms with van der Waals surface area (Å²) in [5.41, 5.74) is 5.84. The second-order valence-electron chi connectivity index (χ2n) is 5.49. The molecule has 20 heavy (non-hydrogen) atoms. The third-order valence-electron chi connectivity index (χ3n) is 3.87. The predicted octanol–water partition coefficient (Wildman–Crippen LogP) is 3.06. The molecule has 0 aromatic carbocycles. The molecule has 1 unspecified atom stereocenters. The topological polar surface area (TPSA) is 73.9 Å². The Balaban J connectivity index is 2.22. The van der Waals surface area contributed by atoms with Gasteiger partial charge in [0.2, 0.25) is 5.95 Å². The Kier molecular flexibility index (Phi) is 5.71. The molecule has 0 aliphatic heterocycles. The van der Waals surface area contributed by atoms with Crippen molar-refractivity contribution in [2.45, 2.75) is 64.9 Å². The van der Waals surface area contributed by atoms with Crippen molar-refractivity contribution in [3.8, 4) is 0 Å². The SMILES string of the molecule is CCCc1nc(N)nc(C(OCC)C2CCCCC2)n1. The number of ether oxygens (including phenoxy) is 1. The molecular weight excluding hydrogens is 252 g/mol. The van der Waals surface area contributed by atoms with Crippen LogP contribution < -0.4 is 5.73 Å². The summed E-state index contributed by atoms with van der Waals surface area (Å²) in [5.74, 6) is 2.35. The van der Waals surface area contributed by atoms with Crippen LogP contribution in [0.5, 0.6) is 0 Å². The van der Waals surface area contributed by atoms with Gasteiger partial charge in [0.15, 0.2) is 5.82 Å². The molecule has 1 atom stereocenters. The maximum Gasteiger partial charge on any atom is 0.223 e. The lowest BCUT2D eigenvalue weighted by Crippen LogP contribution is -2.22. The summed E-state index contributed by atoms with van der Waals surface area (Å²) < 4.78 is 5.95. The molecular formula is C15H26N4O. The van der Waals surface area contributed by atoms with Gasteiger partial charge in [-0.3, -0.25) is 0 Å². The van der Waals surface area contributed by atoms with E-state index in [0.717, 1.165) is 24.5 Å². The van der Waals surface area contributed by atoms with Crippen LogP contribution in [0.1, 0.15) is 70.1 Å². The Morgan fingerprint density at radius 3 is 2.55 bits per heavy atom. The molecule has 5 nitrogen and oxygen atoms in total. The van der Waals surface area contributed by atoms with Gasteiger partial charge >= 0.3 is 0 Å². The van der Waals surface area contributed by atoms with Gasteiger partial charge in [0.05, 0.1) is 0 Å². The first kappa shape index (κ1) is 15.2. The molecule has 0 saturated heterocycles. The second kappa shape index (κ2) is 7.53. The minimum absolute atomic E-state index is 0.0267. The number of aromatic nitrogens is 3. The van der Waals surface area contributed by atoms with E-state index < -0.39 is 0 Å². The molecule has 1 aliphatic rings. The Bertz CT molecular complexity index is 418. The number of nitrogens with zero attached hydrogens (tertiary/aromatic N) is 3. The lowest BCUT2D eigenvalue weighted by atomic mass is 9.85. The van der Waals surface area contributed by atoms with Gasteiger partial charge in [-0.2, -0.15) is 9.97 Å². The van der Waals surface area contributed by atoms with E-state index in [1.165, 1.54) is 32.1 Å². The van der Waals surface area contributed by atoms with Gasteiger partial charge in [-0.05, 0) is 32.1 Å². The first-order chi connectivity index (χ1) is 9.74. The lowest BCUT2D eigenvalue weighted by Gasteiger charge is -2.29. The second-order valence-corrected chi connectivity index (χ2v) is 5.49. The monoisotopic (exact) mass is 278 g/mol. The van der Waals surface area contributed by atoms with Gasteiger partial charge in [-0.25, -0.2) is 4.98 Å². The molecule has 1 aromatic heterocycles. The third kappa shape index (κ3) is 3.88. The first-order valence-corrected chi connectivity index (χ1v) is 7.86. The Morgan fingerprint density at radius 1 is 1.15 bits per heavy atom. The van der Waals surface area contributed by atoms with E-state index in [1.807, 2.05) is 6.92 Å². The average molecular weight is 278 g/mol. The number of hydrogen-bond donors (Lipinski definition) is 1.